The van der Waals surface area contributed by atoms with Crippen LogP contribution >= 0.6 is 8.22 Å². The lowest BCUT2D eigenvalue weighted by Crippen LogP contribution is -2.25. The average Bonchev–Trinajstić information content (AvgIpc) is 3.36. The highest BCUT2D eigenvalue weighted by atomic mass is 31.1. The van der Waals surface area contributed by atoms with Crippen LogP contribution in [0.5, 0.6) is 0 Å². The van der Waals surface area contributed by atoms with Crippen molar-refractivity contribution >= 4 is 8.22 Å². The SMILES string of the molecule is CC(C)(C)[C@H]1CO/C(=C2\C=CC=C2P(n2cccc2)n2cccc2)[N-]1. The molecule has 25 heavy (non-hydrogen) atoms. The third-order valence-electron chi connectivity index (χ3n) is 4.50. The van der Waals surface area contributed by atoms with Crippen molar-refractivity contribution in [2.24, 2.45) is 5.41 Å². The van der Waals surface area contributed by atoms with Crippen molar-refractivity contribution in [1.29, 1.82) is 0 Å². The summed E-state index contributed by atoms with van der Waals surface area (Å²) < 4.78 is 10.5. The number of ether oxygens (including phenoxy) is 1. The van der Waals surface area contributed by atoms with Crippen LogP contribution in [0.3, 0.4) is 0 Å². The van der Waals surface area contributed by atoms with Gasteiger partial charge in [-0.25, -0.2) is 0 Å². The average molecular weight is 352 g/mol. The van der Waals surface area contributed by atoms with Gasteiger partial charge in [0.25, 0.3) is 0 Å². The quantitative estimate of drug-likeness (QED) is 0.673. The van der Waals surface area contributed by atoms with E-state index < -0.39 is 8.22 Å². The summed E-state index contributed by atoms with van der Waals surface area (Å²) in [5.74, 6) is 0.784. The van der Waals surface area contributed by atoms with Gasteiger partial charge in [-0.2, -0.15) is 0 Å². The molecule has 2 aromatic heterocycles. The Balaban J connectivity index is 1.71. The summed E-state index contributed by atoms with van der Waals surface area (Å²) in [7, 11) is -0.742. The molecule has 4 rings (SSSR count). The van der Waals surface area contributed by atoms with Crippen LogP contribution < -0.4 is 0 Å². The van der Waals surface area contributed by atoms with E-state index in [1.807, 2.05) is 0 Å². The number of nitrogens with zero attached hydrogens (tertiary/aromatic N) is 3. The molecular formula is C20H23N3OP-. The van der Waals surface area contributed by atoms with Crippen molar-refractivity contribution in [3.8, 4) is 0 Å². The molecule has 2 aromatic rings. The Labute approximate surface area is 150 Å². The number of rotatable bonds is 3. The second-order valence-electron chi connectivity index (χ2n) is 7.37. The zero-order valence-electron chi connectivity index (χ0n) is 14.8. The summed E-state index contributed by atoms with van der Waals surface area (Å²) in [5, 5.41) is 6.15. The largest absolute Gasteiger partial charge is 0.648 e. The molecule has 0 spiro atoms. The highest BCUT2D eigenvalue weighted by molar-refractivity contribution is 7.59. The molecule has 0 bridgehead atoms. The molecule has 3 heterocycles. The van der Waals surface area contributed by atoms with Crippen molar-refractivity contribution in [1.82, 2.24) is 8.68 Å². The number of hydrogen-bond acceptors (Lipinski definition) is 1. The van der Waals surface area contributed by atoms with E-state index in [9.17, 15) is 0 Å². The highest BCUT2D eigenvalue weighted by Crippen LogP contribution is 2.54. The Bertz CT molecular complexity index is 789. The first kappa shape index (κ1) is 16.3. The maximum absolute atomic E-state index is 6.00. The van der Waals surface area contributed by atoms with Crippen molar-refractivity contribution in [3.63, 3.8) is 0 Å². The molecule has 130 valence electrons. The van der Waals surface area contributed by atoms with Crippen LogP contribution in [0.1, 0.15) is 20.8 Å². The van der Waals surface area contributed by atoms with E-state index in [-0.39, 0.29) is 11.5 Å². The molecule has 0 amide bonds. The lowest BCUT2D eigenvalue weighted by Gasteiger charge is -2.35. The minimum Gasteiger partial charge on any atom is -0.648 e. The van der Waals surface area contributed by atoms with Crippen molar-refractivity contribution in [3.05, 3.63) is 89.4 Å². The zero-order valence-corrected chi connectivity index (χ0v) is 15.7. The van der Waals surface area contributed by atoms with E-state index in [0.29, 0.717) is 6.61 Å². The maximum Gasteiger partial charge on any atom is 0.137 e. The first-order chi connectivity index (χ1) is 12.0. The maximum atomic E-state index is 6.00. The molecule has 0 saturated carbocycles. The molecule has 0 aromatic carbocycles. The Kier molecular flexibility index (Phi) is 4.09. The third kappa shape index (κ3) is 3.07. The summed E-state index contributed by atoms with van der Waals surface area (Å²) in [6.07, 6.45) is 14.9. The van der Waals surface area contributed by atoms with Crippen molar-refractivity contribution < 1.29 is 4.74 Å². The predicted octanol–water partition coefficient (Wildman–Crippen LogP) is 5.48. The molecule has 1 saturated heterocycles. The van der Waals surface area contributed by atoms with Crippen molar-refractivity contribution in [2.75, 3.05) is 6.61 Å². The Morgan fingerprint density at radius 1 is 1.04 bits per heavy atom. The Morgan fingerprint density at radius 2 is 1.64 bits per heavy atom. The molecule has 0 unspecified atom stereocenters. The molecule has 4 nitrogen and oxygen atoms in total. The van der Waals surface area contributed by atoms with Gasteiger partial charge in [0.1, 0.15) is 8.22 Å². The summed E-state index contributed by atoms with van der Waals surface area (Å²) in [4.78, 5) is 0. The van der Waals surface area contributed by atoms with Gasteiger partial charge in [0.2, 0.25) is 0 Å². The summed E-state index contributed by atoms with van der Waals surface area (Å²) in [6.45, 7) is 7.30. The summed E-state index contributed by atoms with van der Waals surface area (Å²) >= 11 is 0. The second-order valence-corrected chi connectivity index (χ2v) is 9.35. The van der Waals surface area contributed by atoms with Crippen molar-refractivity contribution in [2.45, 2.75) is 26.8 Å². The number of aromatic nitrogens is 2. The van der Waals surface area contributed by atoms with Crippen LogP contribution in [0, 0.1) is 5.41 Å². The second kappa shape index (κ2) is 6.27. The minimum atomic E-state index is -0.742. The molecular weight excluding hydrogens is 329 g/mol. The smallest absolute Gasteiger partial charge is 0.137 e. The van der Waals surface area contributed by atoms with Gasteiger partial charge in [0.05, 0.1) is 6.61 Å². The molecule has 1 aliphatic carbocycles. The van der Waals surface area contributed by atoms with E-state index >= 15 is 0 Å². The van der Waals surface area contributed by atoms with Gasteiger partial charge in [0.15, 0.2) is 0 Å². The fraction of sp³-hybridized carbons (Fsp3) is 0.300. The van der Waals surface area contributed by atoms with Gasteiger partial charge in [-0.15, -0.1) is 0 Å². The molecule has 5 heteroatoms. The van der Waals surface area contributed by atoms with E-state index in [0.717, 1.165) is 11.5 Å². The normalized spacial score (nSPS) is 23.0. The number of hydrogen-bond donors (Lipinski definition) is 0. The molecule has 0 N–H and O–H groups in total. The van der Waals surface area contributed by atoms with Crippen LogP contribution in [0.4, 0.5) is 0 Å². The lowest BCUT2D eigenvalue weighted by molar-refractivity contribution is 0.216. The van der Waals surface area contributed by atoms with Gasteiger partial charge in [0, 0.05) is 41.6 Å². The minimum absolute atomic E-state index is 0.111. The van der Waals surface area contributed by atoms with Crippen LogP contribution in [0.25, 0.3) is 5.32 Å². The predicted molar refractivity (Wildman–Crippen MR) is 103 cm³/mol. The van der Waals surface area contributed by atoms with Crippen LogP contribution in [0.2, 0.25) is 0 Å². The van der Waals surface area contributed by atoms with E-state index in [2.05, 4.69) is 96.7 Å². The zero-order chi connectivity index (χ0) is 17.4. The van der Waals surface area contributed by atoms with E-state index in [1.54, 1.807) is 0 Å². The number of allylic oxidation sites excluding steroid dienone is 5. The molecule has 1 atom stereocenters. The molecule has 0 radical (unpaired) electrons. The van der Waals surface area contributed by atoms with Gasteiger partial charge < -0.3 is 18.7 Å². The van der Waals surface area contributed by atoms with Gasteiger partial charge in [-0.05, 0) is 29.7 Å². The standard InChI is InChI=1S/C20H23N3OP/c1-20(2,3)18-15-24-19(21-18)16-9-8-10-17(16)25(22-11-4-5-12-22)23-13-6-7-14-23/h4-14,18H,15H2,1-3H3/q-1/b19-16+/t18-/m1/s1. The first-order valence-electron chi connectivity index (χ1n) is 8.57. The molecule has 2 aliphatic rings. The van der Waals surface area contributed by atoms with Gasteiger partial charge in [-0.1, -0.05) is 45.0 Å². The first-order valence-corrected chi connectivity index (χ1v) is 9.82. The van der Waals surface area contributed by atoms with E-state index in [4.69, 9.17) is 10.1 Å². The van der Waals surface area contributed by atoms with Gasteiger partial charge in [-0.3, -0.25) is 0 Å². The monoisotopic (exact) mass is 352 g/mol. The van der Waals surface area contributed by atoms with Gasteiger partial charge >= 0.3 is 0 Å². The Hall–Kier alpha value is -2.19. The summed E-state index contributed by atoms with van der Waals surface area (Å²) in [5.41, 5.74) is 1.22. The fourth-order valence-electron chi connectivity index (χ4n) is 3.00. The lowest BCUT2D eigenvalue weighted by atomic mass is 9.88. The molecule has 1 fully saturated rings. The van der Waals surface area contributed by atoms with E-state index in [1.165, 1.54) is 5.31 Å². The fourth-order valence-corrected chi connectivity index (χ4v) is 5.16. The highest BCUT2D eigenvalue weighted by Gasteiger charge is 2.27. The third-order valence-corrected chi connectivity index (χ3v) is 6.73. The van der Waals surface area contributed by atoms with Crippen LogP contribution in [-0.2, 0) is 4.74 Å². The topological polar surface area (TPSA) is 33.2 Å². The van der Waals surface area contributed by atoms with Crippen LogP contribution in [-0.4, -0.2) is 21.3 Å². The molecule has 1 aliphatic heterocycles. The Morgan fingerprint density at radius 3 is 2.16 bits per heavy atom. The van der Waals surface area contributed by atoms with Crippen LogP contribution in [0.15, 0.2) is 84.1 Å². The summed E-state index contributed by atoms with van der Waals surface area (Å²) in [6, 6.07) is 8.48.